The van der Waals surface area contributed by atoms with E-state index in [9.17, 15) is 9.90 Å². The molecule has 0 unspecified atom stereocenters. The number of ketones is 1. The summed E-state index contributed by atoms with van der Waals surface area (Å²) in [4.78, 5) is 12.2. The molecule has 30 heavy (non-hydrogen) atoms. The third-order valence-corrected chi connectivity index (χ3v) is 6.91. The predicted octanol–water partition coefficient (Wildman–Crippen LogP) is 7.81. The van der Waals surface area contributed by atoms with Crippen molar-refractivity contribution in [1.29, 1.82) is 0 Å². The summed E-state index contributed by atoms with van der Waals surface area (Å²) < 4.78 is 0. The van der Waals surface area contributed by atoms with Crippen molar-refractivity contribution in [3.63, 3.8) is 0 Å². The van der Waals surface area contributed by atoms with Crippen molar-refractivity contribution in [2.45, 2.75) is 128 Å². The van der Waals surface area contributed by atoms with Gasteiger partial charge in [-0.25, -0.2) is 0 Å². The van der Waals surface area contributed by atoms with E-state index in [1.807, 2.05) is 0 Å². The van der Waals surface area contributed by atoms with Crippen molar-refractivity contribution >= 4 is 5.78 Å². The molecule has 1 aliphatic rings. The summed E-state index contributed by atoms with van der Waals surface area (Å²) in [5, 5.41) is 10.2. The highest BCUT2D eigenvalue weighted by Crippen LogP contribution is 2.27. The fraction of sp³-hybridized carbons (Fsp3) is 0.750. The molecule has 1 aromatic rings. The predicted molar refractivity (Wildman–Crippen MR) is 128 cm³/mol. The molecule has 1 aromatic carbocycles. The van der Waals surface area contributed by atoms with Crippen LogP contribution >= 0.6 is 0 Å². The lowest BCUT2D eigenvalue weighted by Crippen LogP contribution is -2.30. The Bertz CT molecular complexity index is 533. The molecule has 0 aliphatic heterocycles. The number of carbonyl (C=O) groups is 1. The average molecular weight is 415 g/mol. The van der Waals surface area contributed by atoms with E-state index in [1.165, 1.54) is 95.5 Å². The van der Waals surface area contributed by atoms with Gasteiger partial charge in [0.05, 0.1) is 0 Å². The van der Waals surface area contributed by atoms with Gasteiger partial charge < -0.3 is 5.11 Å². The molecular weight excluding hydrogens is 368 g/mol. The van der Waals surface area contributed by atoms with Crippen LogP contribution in [-0.4, -0.2) is 17.0 Å². The van der Waals surface area contributed by atoms with E-state index in [4.69, 9.17) is 0 Å². The molecule has 0 heterocycles. The Morgan fingerprint density at radius 3 is 1.80 bits per heavy atom. The third kappa shape index (κ3) is 11.3. The highest BCUT2D eigenvalue weighted by molar-refractivity contribution is 5.83. The molecule has 0 spiro atoms. The van der Waals surface area contributed by atoms with Crippen molar-refractivity contribution in [3.8, 4) is 0 Å². The number of Topliss-reactive ketones (excluding diaryl/α,β-unsaturated/α-hetero) is 1. The molecule has 0 radical (unpaired) electrons. The van der Waals surface area contributed by atoms with E-state index >= 15 is 0 Å². The average Bonchev–Trinajstić information content (AvgIpc) is 2.80. The van der Waals surface area contributed by atoms with Gasteiger partial charge in [-0.2, -0.15) is 0 Å². The Kier molecular flexibility index (Phi) is 13.8. The van der Waals surface area contributed by atoms with Crippen molar-refractivity contribution in [1.82, 2.24) is 0 Å². The number of aliphatic hydroxyl groups is 1. The lowest BCUT2D eigenvalue weighted by atomic mass is 9.83. The van der Waals surface area contributed by atoms with Crippen molar-refractivity contribution in [2.24, 2.45) is 5.92 Å². The van der Waals surface area contributed by atoms with Crippen LogP contribution in [0.4, 0.5) is 0 Å². The topological polar surface area (TPSA) is 37.3 Å². The van der Waals surface area contributed by atoms with Gasteiger partial charge in [0.1, 0.15) is 6.10 Å². The highest BCUT2D eigenvalue weighted by Gasteiger charge is 2.26. The molecule has 1 N–H and O–H groups in total. The lowest BCUT2D eigenvalue weighted by molar-refractivity contribution is -0.130. The van der Waals surface area contributed by atoms with E-state index in [1.54, 1.807) is 0 Å². The maximum atomic E-state index is 12.2. The first-order chi connectivity index (χ1) is 14.8. The van der Waals surface area contributed by atoms with Gasteiger partial charge in [-0.3, -0.25) is 4.79 Å². The van der Waals surface area contributed by atoms with Crippen LogP contribution in [0, 0.1) is 5.92 Å². The van der Waals surface area contributed by atoms with Crippen LogP contribution in [0.25, 0.3) is 0 Å². The highest BCUT2D eigenvalue weighted by atomic mass is 16.3. The first-order valence-electron chi connectivity index (χ1n) is 13.0. The lowest BCUT2D eigenvalue weighted by Gasteiger charge is -2.25. The number of aliphatic hydroxyl groups excluding tert-OH is 1. The van der Waals surface area contributed by atoms with E-state index in [2.05, 4.69) is 30.3 Å². The van der Waals surface area contributed by atoms with Crippen LogP contribution in [0.15, 0.2) is 30.3 Å². The maximum absolute atomic E-state index is 12.2. The fourth-order valence-electron chi connectivity index (χ4n) is 4.90. The maximum Gasteiger partial charge on any atom is 0.161 e. The molecule has 0 amide bonds. The van der Waals surface area contributed by atoms with E-state index in [-0.39, 0.29) is 11.7 Å². The summed E-state index contributed by atoms with van der Waals surface area (Å²) in [6.45, 7) is 0. The van der Waals surface area contributed by atoms with E-state index < -0.39 is 6.10 Å². The van der Waals surface area contributed by atoms with Gasteiger partial charge in [-0.1, -0.05) is 114 Å². The van der Waals surface area contributed by atoms with Crippen LogP contribution in [0.1, 0.15) is 121 Å². The van der Waals surface area contributed by atoms with Crippen molar-refractivity contribution in [3.05, 3.63) is 35.9 Å². The molecule has 2 rings (SSSR count). The molecule has 1 atom stereocenters. The summed E-state index contributed by atoms with van der Waals surface area (Å²) in [6.07, 6.45) is 22.4. The molecule has 1 saturated carbocycles. The molecular formula is C28H46O2. The number of carbonyl (C=O) groups excluding carboxylic acids is 1. The van der Waals surface area contributed by atoms with Crippen LogP contribution in [-0.2, 0) is 11.2 Å². The van der Waals surface area contributed by atoms with Gasteiger partial charge in [0.15, 0.2) is 5.78 Å². The minimum absolute atomic E-state index is 0.102. The molecule has 2 nitrogen and oxygen atoms in total. The molecule has 170 valence electrons. The summed E-state index contributed by atoms with van der Waals surface area (Å²) in [5.74, 6) is 0.348. The second-order valence-electron chi connectivity index (χ2n) is 9.54. The monoisotopic (exact) mass is 414 g/mol. The quantitative estimate of drug-likeness (QED) is 0.264. The number of hydrogen-bond acceptors (Lipinski definition) is 2. The normalized spacial score (nSPS) is 15.9. The van der Waals surface area contributed by atoms with E-state index in [0.717, 1.165) is 25.7 Å². The Morgan fingerprint density at radius 2 is 1.23 bits per heavy atom. The van der Waals surface area contributed by atoms with Gasteiger partial charge in [0.25, 0.3) is 0 Å². The van der Waals surface area contributed by atoms with Gasteiger partial charge in [0, 0.05) is 6.42 Å². The van der Waals surface area contributed by atoms with Gasteiger partial charge in [0.2, 0.25) is 0 Å². The number of unbranched alkanes of at least 4 members (excludes halogenated alkanes) is 11. The smallest absolute Gasteiger partial charge is 0.161 e. The number of hydrogen-bond donors (Lipinski definition) is 1. The molecule has 0 aromatic heterocycles. The summed E-state index contributed by atoms with van der Waals surface area (Å²) >= 11 is 0. The summed E-state index contributed by atoms with van der Waals surface area (Å²) in [5.41, 5.74) is 1.47. The molecule has 1 aliphatic carbocycles. The van der Waals surface area contributed by atoms with Crippen molar-refractivity contribution in [2.75, 3.05) is 0 Å². The molecule has 2 heteroatoms. The Labute approximate surface area is 185 Å². The van der Waals surface area contributed by atoms with Crippen molar-refractivity contribution < 1.29 is 9.90 Å². The fourth-order valence-corrected chi connectivity index (χ4v) is 4.90. The number of benzene rings is 1. The standard InChI is InChI=1S/C28H46O2/c29-27(28(30)26-22-16-12-17-23-26)24-18-10-8-6-4-2-1-3-5-7-9-13-19-25-20-14-11-15-21-25/h11,14-15,20-21,26,28,30H,1-10,12-13,16-19,22-24H2/t28-/m0/s1. The van der Waals surface area contributed by atoms with Crippen LogP contribution in [0.5, 0.6) is 0 Å². The zero-order valence-corrected chi connectivity index (χ0v) is 19.3. The Balaban J connectivity index is 1.30. The Morgan fingerprint density at radius 1 is 0.733 bits per heavy atom. The first kappa shape index (κ1) is 25.1. The van der Waals surface area contributed by atoms with Gasteiger partial charge >= 0.3 is 0 Å². The van der Waals surface area contributed by atoms with Gasteiger partial charge in [-0.05, 0) is 43.6 Å². The molecule has 1 fully saturated rings. The van der Waals surface area contributed by atoms with Crippen LogP contribution in [0.2, 0.25) is 0 Å². The molecule has 0 bridgehead atoms. The zero-order chi connectivity index (χ0) is 21.3. The molecule has 0 saturated heterocycles. The minimum Gasteiger partial charge on any atom is -0.385 e. The Hall–Kier alpha value is -1.15. The van der Waals surface area contributed by atoms with Crippen LogP contribution in [0.3, 0.4) is 0 Å². The van der Waals surface area contributed by atoms with Crippen LogP contribution < -0.4 is 0 Å². The second-order valence-corrected chi connectivity index (χ2v) is 9.54. The zero-order valence-electron chi connectivity index (χ0n) is 19.3. The van der Waals surface area contributed by atoms with Gasteiger partial charge in [-0.15, -0.1) is 0 Å². The van der Waals surface area contributed by atoms with E-state index in [0.29, 0.717) is 6.42 Å². The summed E-state index contributed by atoms with van der Waals surface area (Å²) in [7, 11) is 0. The SMILES string of the molecule is O=C(CCCCCCCCCCCCCCc1ccccc1)[C@@H](O)C1CCCCC1. The second kappa shape index (κ2) is 16.5. The minimum atomic E-state index is -0.677. The number of aryl methyl sites for hydroxylation is 1. The summed E-state index contributed by atoms with van der Waals surface area (Å²) in [6, 6.07) is 10.8. The third-order valence-electron chi connectivity index (χ3n) is 6.91. The number of rotatable bonds is 17. The largest absolute Gasteiger partial charge is 0.385 e. The first-order valence-corrected chi connectivity index (χ1v) is 13.0.